The first kappa shape index (κ1) is 24.6. The van der Waals surface area contributed by atoms with Gasteiger partial charge < -0.3 is 24.3 Å². The lowest BCUT2D eigenvalue weighted by atomic mass is 10.1. The normalized spacial score (nSPS) is 14.6. The molecule has 4 aromatic rings. The predicted octanol–water partition coefficient (Wildman–Crippen LogP) is 2.71. The maximum atomic E-state index is 12.7. The van der Waals surface area contributed by atoms with E-state index >= 15 is 0 Å². The molecule has 0 radical (unpaired) electrons. The highest BCUT2D eigenvalue weighted by atomic mass is 16.5. The summed E-state index contributed by atoms with van der Waals surface area (Å²) in [6, 6.07) is 8.08. The third-order valence-corrected chi connectivity index (χ3v) is 6.55. The number of fused-ring (bicyclic) bond motifs is 1. The van der Waals surface area contributed by atoms with E-state index in [-0.39, 0.29) is 17.4 Å². The predicted molar refractivity (Wildman–Crippen MR) is 140 cm³/mol. The standard InChI is InChI=1S/C26H30N8O3/c1-32-9-11-34(12-10-32)15-17-5-7-18(8-6-17)29-24-23(26(35)37-4)30-22(25(31-24)36-3)19-13-27-14-20-21(19)28-16-33(20)2/h5-8,13-14,16H,9-12,15H2,1-4H3,(H,29,31). The topological polar surface area (TPSA) is 111 Å². The van der Waals surface area contributed by atoms with Crippen LogP contribution in [0.1, 0.15) is 16.1 Å². The summed E-state index contributed by atoms with van der Waals surface area (Å²) in [6.45, 7) is 5.18. The quantitative estimate of drug-likeness (QED) is 0.379. The maximum absolute atomic E-state index is 12.7. The van der Waals surface area contributed by atoms with E-state index in [4.69, 9.17) is 9.47 Å². The van der Waals surface area contributed by atoms with Gasteiger partial charge in [-0.15, -0.1) is 0 Å². The van der Waals surface area contributed by atoms with E-state index in [1.54, 1.807) is 18.7 Å². The Hall–Kier alpha value is -4.09. The van der Waals surface area contributed by atoms with Crippen molar-refractivity contribution in [2.24, 2.45) is 7.05 Å². The number of carbonyl (C=O) groups excluding carboxylic acids is 1. The molecule has 11 nitrogen and oxygen atoms in total. The highest BCUT2D eigenvalue weighted by molar-refractivity contribution is 5.96. The molecule has 11 heteroatoms. The van der Waals surface area contributed by atoms with Crippen molar-refractivity contribution in [1.29, 1.82) is 0 Å². The lowest BCUT2D eigenvalue weighted by molar-refractivity contribution is 0.0595. The number of likely N-dealkylation sites (N-methyl/N-ethyl adjacent to an activating group) is 1. The summed E-state index contributed by atoms with van der Waals surface area (Å²) < 4.78 is 12.4. The minimum atomic E-state index is -0.619. The van der Waals surface area contributed by atoms with Crippen molar-refractivity contribution >= 4 is 28.5 Å². The highest BCUT2D eigenvalue weighted by Crippen LogP contribution is 2.34. The number of hydrogen-bond donors (Lipinski definition) is 1. The third kappa shape index (κ3) is 5.09. The number of hydrogen-bond acceptors (Lipinski definition) is 10. The molecule has 1 fully saturated rings. The fraction of sp³-hybridized carbons (Fsp3) is 0.346. The van der Waals surface area contributed by atoms with Gasteiger partial charge in [0.25, 0.3) is 0 Å². The molecule has 192 valence electrons. The molecule has 0 bridgehead atoms. The molecule has 5 rings (SSSR count). The number of anilines is 2. The number of nitrogens with zero attached hydrogens (tertiary/aromatic N) is 7. The fourth-order valence-electron chi connectivity index (χ4n) is 4.37. The fourth-order valence-corrected chi connectivity index (χ4v) is 4.37. The second-order valence-electron chi connectivity index (χ2n) is 9.08. The van der Waals surface area contributed by atoms with Gasteiger partial charge >= 0.3 is 5.97 Å². The molecule has 1 saturated heterocycles. The van der Waals surface area contributed by atoms with Crippen LogP contribution in [0.25, 0.3) is 22.3 Å². The molecule has 3 aromatic heterocycles. The zero-order chi connectivity index (χ0) is 25.9. The number of esters is 1. The number of benzene rings is 1. The van der Waals surface area contributed by atoms with Gasteiger partial charge in [-0.25, -0.2) is 14.8 Å². The first-order valence-corrected chi connectivity index (χ1v) is 12.0. The zero-order valence-electron chi connectivity index (χ0n) is 21.4. The number of carbonyl (C=O) groups is 1. The molecule has 4 heterocycles. The van der Waals surface area contributed by atoms with Gasteiger partial charge in [-0.1, -0.05) is 12.1 Å². The van der Waals surface area contributed by atoms with Gasteiger partial charge in [-0.05, 0) is 24.7 Å². The first-order chi connectivity index (χ1) is 18.0. The van der Waals surface area contributed by atoms with Gasteiger partial charge in [0.15, 0.2) is 11.5 Å². The van der Waals surface area contributed by atoms with Gasteiger partial charge in [-0.3, -0.25) is 9.88 Å². The van der Waals surface area contributed by atoms with Gasteiger partial charge in [0, 0.05) is 51.7 Å². The lowest BCUT2D eigenvalue weighted by Gasteiger charge is -2.32. The molecule has 0 atom stereocenters. The van der Waals surface area contributed by atoms with Crippen molar-refractivity contribution in [3.63, 3.8) is 0 Å². The van der Waals surface area contributed by atoms with Crippen molar-refractivity contribution in [3.8, 4) is 17.1 Å². The summed E-state index contributed by atoms with van der Waals surface area (Å²) in [5.41, 5.74) is 4.48. The second-order valence-corrected chi connectivity index (χ2v) is 9.08. The molecule has 1 aromatic carbocycles. The lowest BCUT2D eigenvalue weighted by Crippen LogP contribution is -2.43. The van der Waals surface area contributed by atoms with Crippen LogP contribution in [0.5, 0.6) is 5.88 Å². The SMILES string of the molecule is COC(=O)c1nc(-c2cncc3c2ncn3C)c(OC)nc1Nc1ccc(CN2CCN(C)CC2)cc1. The number of imidazole rings is 1. The Labute approximate surface area is 215 Å². The van der Waals surface area contributed by atoms with Crippen LogP contribution in [0.2, 0.25) is 0 Å². The number of aromatic nitrogens is 5. The molecular formula is C26H30N8O3. The van der Waals surface area contributed by atoms with Gasteiger partial charge in [0.05, 0.1) is 37.8 Å². The Balaban J connectivity index is 1.45. The van der Waals surface area contributed by atoms with Crippen LogP contribution in [0.4, 0.5) is 11.5 Å². The van der Waals surface area contributed by atoms with Crippen molar-refractivity contribution < 1.29 is 14.3 Å². The van der Waals surface area contributed by atoms with Crippen molar-refractivity contribution in [2.75, 3.05) is 52.8 Å². The molecule has 0 amide bonds. The molecular weight excluding hydrogens is 472 g/mol. The van der Waals surface area contributed by atoms with E-state index in [1.807, 2.05) is 23.7 Å². The molecule has 1 N–H and O–H groups in total. The van der Waals surface area contributed by atoms with Crippen LogP contribution in [0, 0.1) is 0 Å². The Morgan fingerprint density at radius 1 is 1.03 bits per heavy atom. The van der Waals surface area contributed by atoms with Crippen molar-refractivity contribution in [1.82, 2.24) is 34.3 Å². The average molecular weight is 503 g/mol. The molecule has 0 aliphatic carbocycles. The van der Waals surface area contributed by atoms with E-state index in [2.05, 4.69) is 54.2 Å². The Morgan fingerprint density at radius 2 is 1.78 bits per heavy atom. The van der Waals surface area contributed by atoms with E-state index in [0.29, 0.717) is 16.8 Å². The molecule has 37 heavy (non-hydrogen) atoms. The van der Waals surface area contributed by atoms with Crippen LogP contribution in [-0.2, 0) is 18.3 Å². The molecule has 1 aliphatic rings. The van der Waals surface area contributed by atoms with E-state index in [0.717, 1.165) is 43.9 Å². The van der Waals surface area contributed by atoms with Gasteiger partial charge in [0.2, 0.25) is 5.88 Å². The Bertz CT molecular complexity index is 1410. The summed E-state index contributed by atoms with van der Waals surface area (Å²) in [6.07, 6.45) is 5.05. The number of nitrogens with one attached hydrogen (secondary N) is 1. The minimum Gasteiger partial charge on any atom is -0.479 e. The number of methoxy groups -OCH3 is 2. The van der Waals surface area contributed by atoms with Crippen LogP contribution >= 0.6 is 0 Å². The summed E-state index contributed by atoms with van der Waals surface area (Å²) in [4.78, 5) is 35.5. The molecule has 0 saturated carbocycles. The second kappa shape index (κ2) is 10.5. The zero-order valence-corrected chi connectivity index (χ0v) is 21.4. The van der Waals surface area contributed by atoms with E-state index in [1.165, 1.54) is 19.8 Å². The monoisotopic (exact) mass is 502 g/mol. The third-order valence-electron chi connectivity index (χ3n) is 6.55. The van der Waals surface area contributed by atoms with Crippen LogP contribution in [0.15, 0.2) is 43.0 Å². The molecule has 1 aliphatic heterocycles. The number of pyridine rings is 1. The van der Waals surface area contributed by atoms with Crippen molar-refractivity contribution in [3.05, 3.63) is 54.2 Å². The van der Waals surface area contributed by atoms with Crippen LogP contribution < -0.4 is 10.1 Å². The first-order valence-electron chi connectivity index (χ1n) is 12.0. The Morgan fingerprint density at radius 3 is 2.49 bits per heavy atom. The number of rotatable bonds is 7. The smallest absolute Gasteiger partial charge is 0.360 e. The largest absolute Gasteiger partial charge is 0.479 e. The van der Waals surface area contributed by atoms with Gasteiger partial charge in [-0.2, -0.15) is 4.98 Å². The summed E-state index contributed by atoms with van der Waals surface area (Å²) in [5, 5.41) is 3.21. The van der Waals surface area contributed by atoms with Crippen molar-refractivity contribution in [2.45, 2.75) is 6.54 Å². The number of piperazine rings is 1. The van der Waals surface area contributed by atoms with E-state index < -0.39 is 5.97 Å². The Kier molecular flexibility index (Phi) is 6.97. The van der Waals surface area contributed by atoms with Crippen LogP contribution in [0.3, 0.4) is 0 Å². The highest BCUT2D eigenvalue weighted by Gasteiger charge is 2.24. The number of ether oxygens (including phenoxy) is 2. The summed E-state index contributed by atoms with van der Waals surface area (Å²) >= 11 is 0. The van der Waals surface area contributed by atoms with E-state index in [9.17, 15) is 4.79 Å². The minimum absolute atomic E-state index is 0.0350. The molecule has 0 spiro atoms. The molecule has 0 unspecified atom stereocenters. The average Bonchev–Trinajstić information content (AvgIpc) is 3.31. The number of aryl methyl sites for hydroxylation is 1. The maximum Gasteiger partial charge on any atom is 0.360 e. The van der Waals surface area contributed by atoms with Crippen LogP contribution in [-0.4, -0.2) is 87.7 Å². The van der Waals surface area contributed by atoms with Gasteiger partial charge in [0.1, 0.15) is 11.2 Å². The summed E-state index contributed by atoms with van der Waals surface area (Å²) in [7, 11) is 6.85. The summed E-state index contributed by atoms with van der Waals surface area (Å²) in [5.74, 6) is -0.144.